The number of benzene rings is 1. The highest BCUT2D eigenvalue weighted by Gasteiger charge is 2.23. The van der Waals surface area contributed by atoms with E-state index in [1.54, 1.807) is 39.1 Å². The Bertz CT molecular complexity index is 782. The molecule has 1 heterocycles. The zero-order valence-electron chi connectivity index (χ0n) is 14.8. The van der Waals surface area contributed by atoms with E-state index >= 15 is 0 Å². The van der Waals surface area contributed by atoms with Crippen LogP contribution in [0.2, 0.25) is 0 Å². The van der Waals surface area contributed by atoms with E-state index in [4.69, 9.17) is 9.47 Å². The maximum atomic E-state index is 12.6. The maximum Gasteiger partial charge on any atom is 0.412 e. The van der Waals surface area contributed by atoms with Crippen LogP contribution in [0.5, 0.6) is 0 Å². The van der Waals surface area contributed by atoms with Gasteiger partial charge in [-0.15, -0.1) is 0 Å². The van der Waals surface area contributed by atoms with Gasteiger partial charge in [0.25, 0.3) is 0 Å². The SMILES string of the molecule is CC(C)(C)OC(=O)Nc1cc(C(=O)OC2CCCC2)c2cc[nH]c2c1. The van der Waals surface area contributed by atoms with Crippen molar-refractivity contribution in [3.63, 3.8) is 0 Å². The lowest BCUT2D eigenvalue weighted by Crippen LogP contribution is -2.27. The molecule has 2 N–H and O–H groups in total. The second-order valence-electron chi connectivity index (χ2n) is 7.40. The molecule has 1 fully saturated rings. The van der Waals surface area contributed by atoms with Gasteiger partial charge in [-0.2, -0.15) is 0 Å². The average Bonchev–Trinajstić information content (AvgIpc) is 3.15. The first-order chi connectivity index (χ1) is 11.8. The highest BCUT2D eigenvalue weighted by atomic mass is 16.6. The van der Waals surface area contributed by atoms with Crippen molar-refractivity contribution >= 4 is 28.7 Å². The van der Waals surface area contributed by atoms with Crippen LogP contribution in [0.25, 0.3) is 10.9 Å². The summed E-state index contributed by atoms with van der Waals surface area (Å²) in [5.74, 6) is -0.357. The number of esters is 1. The van der Waals surface area contributed by atoms with Crippen molar-refractivity contribution in [2.24, 2.45) is 0 Å². The lowest BCUT2D eigenvalue weighted by molar-refractivity contribution is 0.0319. The van der Waals surface area contributed by atoms with E-state index in [2.05, 4.69) is 10.3 Å². The van der Waals surface area contributed by atoms with Crippen LogP contribution in [0.4, 0.5) is 10.5 Å². The zero-order valence-corrected chi connectivity index (χ0v) is 14.8. The fraction of sp³-hybridized carbons (Fsp3) is 0.474. The predicted octanol–water partition coefficient (Wildman–Crippen LogP) is 4.61. The van der Waals surface area contributed by atoms with Gasteiger partial charge in [0.1, 0.15) is 11.7 Å². The number of amides is 1. The van der Waals surface area contributed by atoms with Crippen molar-refractivity contribution in [3.05, 3.63) is 30.0 Å². The smallest absolute Gasteiger partial charge is 0.412 e. The largest absolute Gasteiger partial charge is 0.459 e. The standard InChI is InChI=1S/C19H24N2O4/c1-19(2,3)25-18(23)21-12-10-15(14-8-9-20-16(14)11-12)17(22)24-13-6-4-5-7-13/h8-11,13,20H,4-7H2,1-3H3,(H,21,23). The lowest BCUT2D eigenvalue weighted by atomic mass is 10.1. The molecule has 0 aliphatic heterocycles. The van der Waals surface area contributed by atoms with Gasteiger partial charge in [-0.1, -0.05) is 0 Å². The summed E-state index contributed by atoms with van der Waals surface area (Å²) in [5, 5.41) is 3.46. The molecule has 0 radical (unpaired) electrons. The van der Waals surface area contributed by atoms with E-state index in [1.807, 2.05) is 6.07 Å². The molecular weight excluding hydrogens is 320 g/mol. The van der Waals surface area contributed by atoms with Crippen LogP contribution < -0.4 is 5.32 Å². The Balaban J connectivity index is 1.83. The Hall–Kier alpha value is -2.50. The summed E-state index contributed by atoms with van der Waals surface area (Å²) in [5.41, 5.74) is 1.09. The molecule has 6 heteroatoms. The minimum absolute atomic E-state index is 0.0102. The normalized spacial score (nSPS) is 15.3. The van der Waals surface area contributed by atoms with Gasteiger partial charge in [0, 0.05) is 22.8 Å². The first kappa shape index (κ1) is 17.3. The molecule has 1 aromatic carbocycles. The van der Waals surface area contributed by atoms with Gasteiger partial charge < -0.3 is 14.5 Å². The summed E-state index contributed by atoms with van der Waals surface area (Å²) in [7, 11) is 0. The van der Waals surface area contributed by atoms with E-state index in [9.17, 15) is 9.59 Å². The summed E-state index contributed by atoms with van der Waals surface area (Å²) in [4.78, 5) is 27.7. The summed E-state index contributed by atoms with van der Waals surface area (Å²) in [6.45, 7) is 5.39. The number of hydrogen-bond acceptors (Lipinski definition) is 4. The lowest BCUT2D eigenvalue weighted by Gasteiger charge is -2.20. The molecule has 25 heavy (non-hydrogen) atoms. The second kappa shape index (κ2) is 6.78. The summed E-state index contributed by atoms with van der Waals surface area (Å²) >= 11 is 0. The van der Waals surface area contributed by atoms with Crippen molar-refractivity contribution in [2.75, 3.05) is 5.32 Å². The minimum atomic E-state index is -0.592. The number of H-pyrrole nitrogens is 1. The van der Waals surface area contributed by atoms with Crippen LogP contribution in [-0.4, -0.2) is 28.8 Å². The predicted molar refractivity (Wildman–Crippen MR) is 95.8 cm³/mol. The number of nitrogens with one attached hydrogen (secondary N) is 2. The van der Waals surface area contributed by atoms with E-state index < -0.39 is 11.7 Å². The Kier molecular flexibility index (Phi) is 4.70. The van der Waals surface area contributed by atoms with Crippen molar-refractivity contribution < 1.29 is 19.1 Å². The number of anilines is 1. The molecule has 1 amide bonds. The molecule has 3 rings (SSSR count). The molecule has 1 aliphatic rings. The fourth-order valence-corrected chi connectivity index (χ4v) is 3.05. The third kappa shape index (κ3) is 4.32. The number of rotatable bonds is 3. The average molecular weight is 344 g/mol. The molecular formula is C19H24N2O4. The minimum Gasteiger partial charge on any atom is -0.459 e. The molecule has 6 nitrogen and oxygen atoms in total. The van der Waals surface area contributed by atoms with Gasteiger partial charge in [-0.25, -0.2) is 9.59 Å². The van der Waals surface area contributed by atoms with Crippen molar-refractivity contribution in [1.82, 2.24) is 4.98 Å². The van der Waals surface area contributed by atoms with E-state index in [0.29, 0.717) is 11.3 Å². The van der Waals surface area contributed by atoms with Crippen LogP contribution in [0.3, 0.4) is 0 Å². The highest BCUT2D eigenvalue weighted by molar-refractivity contribution is 6.06. The summed E-state index contributed by atoms with van der Waals surface area (Å²) < 4.78 is 10.9. The summed E-state index contributed by atoms with van der Waals surface area (Å²) in [6, 6.07) is 5.24. The van der Waals surface area contributed by atoms with Crippen LogP contribution in [0.15, 0.2) is 24.4 Å². The third-order valence-electron chi connectivity index (χ3n) is 4.11. The number of aromatic amines is 1. The molecule has 1 aromatic heterocycles. The Labute approximate surface area is 146 Å². The molecule has 0 atom stereocenters. The molecule has 2 aromatic rings. The third-order valence-corrected chi connectivity index (χ3v) is 4.11. The Morgan fingerprint density at radius 1 is 1.20 bits per heavy atom. The second-order valence-corrected chi connectivity index (χ2v) is 7.40. The topological polar surface area (TPSA) is 80.4 Å². The van der Waals surface area contributed by atoms with E-state index in [0.717, 1.165) is 36.6 Å². The first-order valence-corrected chi connectivity index (χ1v) is 8.64. The Morgan fingerprint density at radius 2 is 1.92 bits per heavy atom. The highest BCUT2D eigenvalue weighted by Crippen LogP contribution is 2.27. The van der Waals surface area contributed by atoms with Gasteiger partial charge in [-0.05, 0) is 64.7 Å². The number of carbonyl (C=O) groups is 2. The molecule has 1 saturated carbocycles. The quantitative estimate of drug-likeness (QED) is 0.797. The zero-order chi connectivity index (χ0) is 18.0. The van der Waals surface area contributed by atoms with Crippen LogP contribution >= 0.6 is 0 Å². The number of aromatic nitrogens is 1. The molecule has 0 saturated heterocycles. The van der Waals surface area contributed by atoms with E-state index in [1.165, 1.54) is 0 Å². The first-order valence-electron chi connectivity index (χ1n) is 8.64. The maximum absolute atomic E-state index is 12.6. The number of ether oxygens (including phenoxy) is 2. The summed E-state index contributed by atoms with van der Waals surface area (Å²) in [6.07, 6.45) is 5.21. The van der Waals surface area contributed by atoms with Gasteiger partial charge in [0.05, 0.1) is 5.56 Å². The van der Waals surface area contributed by atoms with Crippen LogP contribution in [0, 0.1) is 0 Å². The van der Waals surface area contributed by atoms with Gasteiger partial charge >= 0.3 is 12.1 Å². The van der Waals surface area contributed by atoms with E-state index in [-0.39, 0.29) is 12.1 Å². The van der Waals surface area contributed by atoms with Gasteiger partial charge in [0.2, 0.25) is 0 Å². The monoisotopic (exact) mass is 344 g/mol. The number of hydrogen-bond donors (Lipinski definition) is 2. The van der Waals surface area contributed by atoms with Crippen molar-refractivity contribution in [1.29, 1.82) is 0 Å². The van der Waals surface area contributed by atoms with Crippen LogP contribution in [-0.2, 0) is 9.47 Å². The Morgan fingerprint density at radius 3 is 2.60 bits per heavy atom. The molecule has 134 valence electrons. The fourth-order valence-electron chi connectivity index (χ4n) is 3.05. The van der Waals surface area contributed by atoms with Crippen LogP contribution in [0.1, 0.15) is 56.8 Å². The van der Waals surface area contributed by atoms with Crippen molar-refractivity contribution in [3.8, 4) is 0 Å². The number of fused-ring (bicyclic) bond motifs is 1. The molecule has 1 aliphatic carbocycles. The molecule has 0 spiro atoms. The molecule has 0 unspecified atom stereocenters. The van der Waals surface area contributed by atoms with Gasteiger partial charge in [0.15, 0.2) is 0 Å². The van der Waals surface area contributed by atoms with Gasteiger partial charge in [-0.3, -0.25) is 5.32 Å². The van der Waals surface area contributed by atoms with Crippen molar-refractivity contribution in [2.45, 2.75) is 58.2 Å². The number of carbonyl (C=O) groups excluding carboxylic acids is 2. The molecule has 0 bridgehead atoms.